The first-order valence-corrected chi connectivity index (χ1v) is 14.3. The molecular weight excluding hydrogens is 489 g/mol. The molecular formula is C26H33ClFN3O3S. The fraction of sp³-hybridized carbons (Fsp3) is 0.500. The van der Waals surface area contributed by atoms with Crippen molar-refractivity contribution in [3.05, 3.63) is 70.0 Å². The standard InChI is InChI=1S/C26H33ClFN3O3S/c27-24-9-6-10-25(28)23(24)19-35(33,34)31-15-11-20(12-16-31)26(32)29-17-21-7-2-3-8-22(21)18-30-13-4-1-5-14-30/h2-3,6-10,20H,1,4-5,11-19H2,(H,29,32). The molecule has 2 aromatic rings. The molecule has 2 heterocycles. The first-order chi connectivity index (χ1) is 16.8. The average Bonchev–Trinajstić information content (AvgIpc) is 2.86. The van der Waals surface area contributed by atoms with E-state index in [-0.39, 0.29) is 35.5 Å². The predicted octanol–water partition coefficient (Wildman–Crippen LogP) is 4.32. The van der Waals surface area contributed by atoms with Gasteiger partial charge in [0.05, 0.1) is 5.75 Å². The fourth-order valence-corrected chi connectivity index (χ4v) is 6.83. The summed E-state index contributed by atoms with van der Waals surface area (Å²) in [5, 5.41) is 3.16. The Morgan fingerprint density at radius 3 is 2.34 bits per heavy atom. The first-order valence-electron chi connectivity index (χ1n) is 12.3. The van der Waals surface area contributed by atoms with Gasteiger partial charge in [0.2, 0.25) is 15.9 Å². The molecule has 0 aliphatic carbocycles. The third-order valence-electron chi connectivity index (χ3n) is 7.02. The molecule has 0 aromatic heterocycles. The molecule has 0 radical (unpaired) electrons. The van der Waals surface area contributed by atoms with Gasteiger partial charge in [-0.05, 0) is 62.0 Å². The highest BCUT2D eigenvalue weighted by molar-refractivity contribution is 7.88. The second kappa shape index (κ2) is 11.8. The zero-order valence-electron chi connectivity index (χ0n) is 19.9. The lowest BCUT2D eigenvalue weighted by atomic mass is 9.97. The Hall–Kier alpha value is -2.00. The molecule has 9 heteroatoms. The lowest BCUT2D eigenvalue weighted by molar-refractivity contribution is -0.126. The Morgan fingerprint density at radius 2 is 1.66 bits per heavy atom. The fourth-order valence-electron chi connectivity index (χ4n) is 4.91. The van der Waals surface area contributed by atoms with Crippen LogP contribution in [0.25, 0.3) is 0 Å². The van der Waals surface area contributed by atoms with Crippen LogP contribution in [0.1, 0.15) is 48.8 Å². The van der Waals surface area contributed by atoms with Gasteiger partial charge in [0.25, 0.3) is 0 Å². The van der Waals surface area contributed by atoms with Gasteiger partial charge in [-0.3, -0.25) is 9.69 Å². The number of carbonyl (C=O) groups is 1. The van der Waals surface area contributed by atoms with Gasteiger partial charge in [-0.1, -0.05) is 48.4 Å². The van der Waals surface area contributed by atoms with Crippen LogP contribution in [0.4, 0.5) is 4.39 Å². The SMILES string of the molecule is O=C(NCc1ccccc1CN1CCCCC1)C1CCN(S(=O)(=O)Cc2c(F)cccc2Cl)CC1. The monoisotopic (exact) mass is 521 g/mol. The molecule has 190 valence electrons. The van der Waals surface area contributed by atoms with Crippen LogP contribution >= 0.6 is 11.6 Å². The Balaban J connectivity index is 1.29. The molecule has 0 unspecified atom stereocenters. The minimum absolute atomic E-state index is 0.0164. The van der Waals surface area contributed by atoms with Crippen molar-refractivity contribution >= 4 is 27.5 Å². The van der Waals surface area contributed by atoms with E-state index in [0.29, 0.717) is 19.4 Å². The Morgan fingerprint density at radius 1 is 0.971 bits per heavy atom. The summed E-state index contributed by atoms with van der Waals surface area (Å²) in [6.45, 7) is 4.06. The largest absolute Gasteiger partial charge is 0.352 e. The Bertz CT molecular complexity index is 1110. The molecule has 0 atom stereocenters. The van der Waals surface area contributed by atoms with E-state index in [1.54, 1.807) is 0 Å². The molecule has 2 aliphatic rings. The lowest BCUT2D eigenvalue weighted by Gasteiger charge is -2.31. The van der Waals surface area contributed by atoms with Crippen LogP contribution in [0.2, 0.25) is 5.02 Å². The number of benzene rings is 2. The van der Waals surface area contributed by atoms with Gasteiger partial charge in [-0.25, -0.2) is 17.1 Å². The topological polar surface area (TPSA) is 69.7 Å². The number of rotatable bonds is 8. The minimum Gasteiger partial charge on any atom is -0.352 e. The van der Waals surface area contributed by atoms with Crippen LogP contribution in [-0.2, 0) is 33.7 Å². The number of hydrogen-bond donors (Lipinski definition) is 1. The van der Waals surface area contributed by atoms with Crippen LogP contribution < -0.4 is 5.32 Å². The molecule has 0 bridgehead atoms. The van der Waals surface area contributed by atoms with Crippen molar-refractivity contribution in [3.8, 4) is 0 Å². The van der Waals surface area contributed by atoms with Crippen molar-refractivity contribution in [1.82, 2.24) is 14.5 Å². The number of nitrogens with zero attached hydrogens (tertiary/aromatic N) is 2. The van der Waals surface area contributed by atoms with Crippen molar-refractivity contribution < 1.29 is 17.6 Å². The highest BCUT2D eigenvalue weighted by atomic mass is 35.5. The molecule has 1 N–H and O–H groups in total. The van der Waals surface area contributed by atoms with Crippen LogP contribution in [0, 0.1) is 11.7 Å². The molecule has 6 nitrogen and oxygen atoms in total. The minimum atomic E-state index is -3.73. The zero-order chi connectivity index (χ0) is 24.8. The number of hydrogen-bond acceptors (Lipinski definition) is 4. The third kappa shape index (κ3) is 6.82. The van der Waals surface area contributed by atoms with Gasteiger partial charge in [-0.2, -0.15) is 0 Å². The summed E-state index contributed by atoms with van der Waals surface area (Å²) in [6, 6.07) is 12.4. The third-order valence-corrected chi connectivity index (χ3v) is 9.18. The van der Waals surface area contributed by atoms with Gasteiger partial charge in [0.15, 0.2) is 0 Å². The Kier molecular flexibility index (Phi) is 8.81. The van der Waals surface area contributed by atoms with E-state index in [9.17, 15) is 17.6 Å². The summed E-state index contributed by atoms with van der Waals surface area (Å²) in [6.07, 6.45) is 4.64. The smallest absolute Gasteiger partial charge is 0.223 e. The van der Waals surface area contributed by atoms with Crippen LogP contribution in [0.5, 0.6) is 0 Å². The van der Waals surface area contributed by atoms with Crippen LogP contribution in [-0.4, -0.2) is 49.7 Å². The molecule has 2 aliphatic heterocycles. The number of piperidine rings is 2. The van der Waals surface area contributed by atoms with Crippen molar-refractivity contribution in [3.63, 3.8) is 0 Å². The zero-order valence-corrected chi connectivity index (χ0v) is 21.5. The van der Waals surface area contributed by atoms with Crippen molar-refractivity contribution in [2.75, 3.05) is 26.2 Å². The Labute approximate surface area is 212 Å². The molecule has 0 saturated carbocycles. The van der Waals surface area contributed by atoms with Crippen molar-refractivity contribution in [1.29, 1.82) is 0 Å². The number of amides is 1. The van der Waals surface area contributed by atoms with Crippen molar-refractivity contribution in [2.24, 2.45) is 5.92 Å². The molecule has 4 rings (SSSR count). The van der Waals surface area contributed by atoms with Gasteiger partial charge in [0.1, 0.15) is 5.82 Å². The summed E-state index contributed by atoms with van der Waals surface area (Å²) in [7, 11) is -3.73. The lowest BCUT2D eigenvalue weighted by Crippen LogP contribution is -2.43. The molecule has 1 amide bonds. The highest BCUT2D eigenvalue weighted by Gasteiger charge is 2.32. The second-order valence-electron chi connectivity index (χ2n) is 9.45. The van der Waals surface area contributed by atoms with Gasteiger partial charge in [-0.15, -0.1) is 0 Å². The number of nitrogens with one attached hydrogen (secondary N) is 1. The van der Waals surface area contributed by atoms with Crippen molar-refractivity contribution in [2.45, 2.75) is 50.9 Å². The first kappa shape index (κ1) is 26.1. The van der Waals surface area contributed by atoms with E-state index in [1.165, 1.54) is 47.3 Å². The van der Waals surface area contributed by atoms with E-state index in [2.05, 4.69) is 22.3 Å². The maximum Gasteiger partial charge on any atom is 0.223 e. The maximum atomic E-state index is 14.1. The summed E-state index contributed by atoms with van der Waals surface area (Å²) in [4.78, 5) is 15.3. The van der Waals surface area contributed by atoms with E-state index in [1.807, 2.05) is 12.1 Å². The summed E-state index contributed by atoms with van der Waals surface area (Å²) >= 11 is 6.01. The maximum absolute atomic E-state index is 14.1. The van der Waals surface area contributed by atoms with E-state index in [4.69, 9.17) is 11.6 Å². The van der Waals surface area contributed by atoms with Gasteiger partial charge in [0, 0.05) is 42.7 Å². The van der Waals surface area contributed by atoms with Crippen LogP contribution in [0.15, 0.2) is 42.5 Å². The van der Waals surface area contributed by atoms with E-state index >= 15 is 0 Å². The summed E-state index contributed by atoms with van der Waals surface area (Å²) in [5.74, 6) is -1.40. The normalized spacial score (nSPS) is 18.5. The number of halogens is 2. The van der Waals surface area contributed by atoms with E-state index < -0.39 is 21.6 Å². The van der Waals surface area contributed by atoms with Gasteiger partial charge < -0.3 is 5.32 Å². The summed E-state index contributed by atoms with van der Waals surface area (Å²) < 4.78 is 41.1. The molecule has 2 fully saturated rings. The highest BCUT2D eigenvalue weighted by Crippen LogP contribution is 2.26. The molecule has 2 aromatic carbocycles. The molecule has 0 spiro atoms. The van der Waals surface area contributed by atoms with Crippen LogP contribution in [0.3, 0.4) is 0 Å². The molecule has 2 saturated heterocycles. The summed E-state index contributed by atoms with van der Waals surface area (Å²) in [5.41, 5.74) is 2.34. The molecule has 35 heavy (non-hydrogen) atoms. The number of carbonyl (C=O) groups excluding carboxylic acids is 1. The van der Waals surface area contributed by atoms with E-state index in [0.717, 1.165) is 25.2 Å². The number of sulfonamides is 1. The second-order valence-corrected chi connectivity index (χ2v) is 11.8. The quantitative estimate of drug-likeness (QED) is 0.561. The average molecular weight is 522 g/mol. The number of likely N-dealkylation sites (tertiary alicyclic amines) is 1. The predicted molar refractivity (Wildman–Crippen MR) is 136 cm³/mol. The van der Waals surface area contributed by atoms with Gasteiger partial charge >= 0.3 is 0 Å².